The van der Waals surface area contributed by atoms with E-state index in [-0.39, 0.29) is 19.4 Å². The van der Waals surface area contributed by atoms with Crippen LogP contribution < -0.4 is 5.32 Å². The molecule has 0 bridgehead atoms. The molecule has 1 amide bonds. The maximum Gasteiger partial charge on any atom is 0.306 e. The zero-order chi connectivity index (χ0) is 54.7. The van der Waals surface area contributed by atoms with Gasteiger partial charge in [0.05, 0.1) is 25.4 Å². The fourth-order valence-electron chi connectivity index (χ4n) is 9.70. The lowest BCUT2D eigenvalue weighted by molar-refractivity contribution is -0.305. The first kappa shape index (κ1) is 70.6. The molecule has 1 saturated heterocycles. The van der Waals surface area contributed by atoms with Gasteiger partial charge in [0.15, 0.2) is 12.4 Å². The van der Waals surface area contributed by atoms with E-state index in [2.05, 4.69) is 62.5 Å². The molecule has 8 atom stereocenters. The molecule has 0 saturated carbocycles. The summed E-state index contributed by atoms with van der Waals surface area (Å²) in [6.07, 6.45) is 52.9. The van der Waals surface area contributed by atoms with Gasteiger partial charge in [0.25, 0.3) is 0 Å². The van der Waals surface area contributed by atoms with Gasteiger partial charge in [0.2, 0.25) is 5.91 Å². The van der Waals surface area contributed by atoms with Crippen LogP contribution in [0.5, 0.6) is 0 Å². The second-order valence-electron chi connectivity index (χ2n) is 21.8. The lowest BCUT2D eigenvalue weighted by Crippen LogP contribution is -2.61. The van der Waals surface area contributed by atoms with Crippen molar-refractivity contribution in [1.82, 2.24) is 5.32 Å². The number of nitrogens with one attached hydrogen (secondary N) is 1. The van der Waals surface area contributed by atoms with Gasteiger partial charge in [-0.3, -0.25) is 9.59 Å². The first-order valence-electron chi connectivity index (χ1n) is 31.4. The van der Waals surface area contributed by atoms with Gasteiger partial charge in [-0.2, -0.15) is 0 Å². The minimum absolute atomic E-state index is 0.122. The molecule has 1 aliphatic heterocycles. The number of aliphatic hydroxyl groups is 5. The van der Waals surface area contributed by atoms with Crippen molar-refractivity contribution in [1.29, 1.82) is 0 Å². The number of allylic oxidation sites excluding steroid dienone is 7. The molecule has 438 valence electrons. The molecule has 1 fully saturated rings. The molecule has 11 nitrogen and oxygen atoms in total. The summed E-state index contributed by atoms with van der Waals surface area (Å²) in [4.78, 5) is 26.5. The van der Waals surface area contributed by atoms with E-state index in [0.29, 0.717) is 12.8 Å². The molecule has 6 N–H and O–H groups in total. The van der Waals surface area contributed by atoms with Crippen LogP contribution in [0.15, 0.2) is 48.6 Å². The third-order valence-electron chi connectivity index (χ3n) is 14.7. The van der Waals surface area contributed by atoms with Crippen molar-refractivity contribution < 1.29 is 49.3 Å². The van der Waals surface area contributed by atoms with E-state index in [1.807, 2.05) is 6.08 Å². The number of carbonyl (C=O) groups excluding carboxylic acids is 2. The quantitative estimate of drug-likeness (QED) is 0.0149. The highest BCUT2D eigenvalue weighted by Crippen LogP contribution is 2.26. The van der Waals surface area contributed by atoms with Gasteiger partial charge in [-0.25, -0.2) is 0 Å². The molecular weight excluding hydrogens is 943 g/mol. The Labute approximate surface area is 459 Å². The Morgan fingerprint density at radius 1 is 0.520 bits per heavy atom. The third-order valence-corrected chi connectivity index (χ3v) is 14.7. The van der Waals surface area contributed by atoms with E-state index < -0.39 is 67.4 Å². The predicted molar refractivity (Wildman–Crippen MR) is 310 cm³/mol. The van der Waals surface area contributed by atoms with E-state index in [1.165, 1.54) is 161 Å². The Kier molecular flexibility index (Phi) is 49.3. The maximum absolute atomic E-state index is 13.4. The third kappa shape index (κ3) is 40.5. The molecule has 0 aromatic rings. The molecule has 75 heavy (non-hydrogen) atoms. The fraction of sp³-hybridized carbons (Fsp3) is 0.844. The number of hydrogen-bond acceptors (Lipinski definition) is 10. The first-order valence-corrected chi connectivity index (χ1v) is 31.4. The summed E-state index contributed by atoms with van der Waals surface area (Å²) in [7, 11) is 0. The summed E-state index contributed by atoms with van der Waals surface area (Å²) in [6.45, 7) is 5.75. The van der Waals surface area contributed by atoms with Crippen molar-refractivity contribution in [2.24, 2.45) is 0 Å². The number of amides is 1. The zero-order valence-electron chi connectivity index (χ0n) is 48.4. The minimum atomic E-state index is -1.61. The van der Waals surface area contributed by atoms with Crippen molar-refractivity contribution in [2.45, 2.75) is 333 Å². The lowest BCUT2D eigenvalue weighted by Gasteiger charge is -2.41. The molecule has 11 heteroatoms. The maximum atomic E-state index is 13.4. The van der Waals surface area contributed by atoms with Gasteiger partial charge in [-0.1, -0.05) is 249 Å². The van der Waals surface area contributed by atoms with Crippen LogP contribution in [-0.4, -0.2) is 99.6 Å². The van der Waals surface area contributed by atoms with Crippen LogP contribution in [0.25, 0.3) is 0 Å². The summed E-state index contributed by atoms with van der Waals surface area (Å²) in [6, 6.07) is -1.03. The van der Waals surface area contributed by atoms with Crippen LogP contribution in [0.4, 0.5) is 0 Å². The number of hydrogen-bond donors (Lipinski definition) is 6. The predicted octanol–water partition coefficient (Wildman–Crippen LogP) is 14.8. The number of carbonyl (C=O) groups is 2. The summed E-state index contributed by atoms with van der Waals surface area (Å²) in [5.41, 5.74) is 0. The summed E-state index contributed by atoms with van der Waals surface area (Å²) in [5, 5.41) is 56.9. The highest BCUT2D eigenvalue weighted by atomic mass is 16.7. The summed E-state index contributed by atoms with van der Waals surface area (Å²) < 4.78 is 17.6. The van der Waals surface area contributed by atoms with E-state index in [9.17, 15) is 35.1 Å². The average molecular weight is 1060 g/mol. The topological polar surface area (TPSA) is 175 Å². The Hall–Kier alpha value is -2.38. The second kappa shape index (κ2) is 52.3. The summed E-state index contributed by atoms with van der Waals surface area (Å²) >= 11 is 0. The molecule has 8 unspecified atom stereocenters. The van der Waals surface area contributed by atoms with Gasteiger partial charge in [-0.05, 0) is 77.0 Å². The molecule has 0 aromatic carbocycles. The number of esters is 1. The lowest BCUT2D eigenvalue weighted by atomic mass is 9.99. The molecular formula is C64H117NO10. The average Bonchev–Trinajstić information content (AvgIpc) is 3.41. The fourth-order valence-corrected chi connectivity index (χ4v) is 9.70. The molecule has 0 spiro atoms. The van der Waals surface area contributed by atoms with Crippen LogP contribution in [0.1, 0.15) is 284 Å². The van der Waals surface area contributed by atoms with Crippen molar-refractivity contribution in [3.05, 3.63) is 48.6 Å². The normalized spacial score (nSPS) is 19.5. The van der Waals surface area contributed by atoms with E-state index in [1.54, 1.807) is 6.08 Å². The molecule has 1 aliphatic rings. The Morgan fingerprint density at radius 2 is 0.920 bits per heavy atom. The van der Waals surface area contributed by atoms with E-state index in [4.69, 9.17) is 14.2 Å². The molecule has 0 aliphatic carbocycles. The Balaban J connectivity index is 2.63. The first-order chi connectivity index (χ1) is 36.7. The van der Waals surface area contributed by atoms with Crippen molar-refractivity contribution in [3.63, 3.8) is 0 Å². The molecule has 0 radical (unpaired) electrons. The van der Waals surface area contributed by atoms with Crippen LogP contribution >= 0.6 is 0 Å². The number of unbranched alkanes of at least 4 members (excludes halogenated alkanes) is 34. The van der Waals surface area contributed by atoms with Crippen LogP contribution in [0.3, 0.4) is 0 Å². The Morgan fingerprint density at radius 3 is 1.40 bits per heavy atom. The standard InChI is InChI=1S/C64H117NO10/c1-4-7-10-13-16-19-22-24-26-27-28-29-30-31-32-34-37-40-43-46-49-52-59(69)75-62-61(71)60(70)58(53-66)74-64(62)73-54-55(56(67)50-47-44-41-38-35-21-18-15-12-9-6-3)65-63(72)57(68)51-48-45-42-39-36-33-25-23-20-17-14-11-8-5-2/h17,20,23-26,47,50,55-58,60-62,64,66-68,70-71H,4-16,18-19,21-22,27-46,48-49,51-54H2,1-3H3,(H,65,72)/b20-17+,25-23+,26-24+,50-47+. The van der Waals surface area contributed by atoms with Gasteiger partial charge in [0.1, 0.15) is 24.4 Å². The SMILES string of the molecule is CCCCC/C=C/C=C/CCCCCCCC(O)C(=O)NC(COC1OC(CO)C(O)C(O)C1OC(=O)CCCCCCCCCCCCC/C=C/CCCCCCCC)C(O)/C=C/CCCCCCCCCCC. The number of rotatable bonds is 53. The van der Waals surface area contributed by atoms with Gasteiger partial charge < -0.3 is 45.1 Å². The zero-order valence-corrected chi connectivity index (χ0v) is 48.4. The molecule has 1 rings (SSSR count). The van der Waals surface area contributed by atoms with E-state index in [0.717, 1.165) is 77.0 Å². The van der Waals surface area contributed by atoms with Crippen molar-refractivity contribution in [3.8, 4) is 0 Å². The highest BCUT2D eigenvalue weighted by Gasteiger charge is 2.47. The van der Waals surface area contributed by atoms with Gasteiger partial charge >= 0.3 is 5.97 Å². The summed E-state index contributed by atoms with van der Waals surface area (Å²) in [5.74, 6) is -1.20. The minimum Gasteiger partial charge on any atom is -0.454 e. The Bertz CT molecular complexity index is 1400. The van der Waals surface area contributed by atoms with Crippen LogP contribution in [0.2, 0.25) is 0 Å². The smallest absolute Gasteiger partial charge is 0.306 e. The van der Waals surface area contributed by atoms with E-state index >= 15 is 0 Å². The number of aliphatic hydroxyl groups excluding tert-OH is 5. The van der Waals surface area contributed by atoms with Crippen LogP contribution in [0, 0.1) is 0 Å². The van der Waals surface area contributed by atoms with Crippen LogP contribution in [-0.2, 0) is 23.8 Å². The monoisotopic (exact) mass is 1060 g/mol. The van der Waals surface area contributed by atoms with Crippen molar-refractivity contribution >= 4 is 11.9 Å². The van der Waals surface area contributed by atoms with Gasteiger partial charge in [0, 0.05) is 6.42 Å². The van der Waals surface area contributed by atoms with Gasteiger partial charge in [-0.15, -0.1) is 0 Å². The number of ether oxygens (including phenoxy) is 3. The molecule has 0 aromatic heterocycles. The second-order valence-corrected chi connectivity index (χ2v) is 21.8. The van der Waals surface area contributed by atoms with Crippen molar-refractivity contribution in [2.75, 3.05) is 13.2 Å². The highest BCUT2D eigenvalue weighted by molar-refractivity contribution is 5.80. The largest absolute Gasteiger partial charge is 0.454 e. The molecule has 1 heterocycles.